The van der Waals surface area contributed by atoms with Gasteiger partial charge in [-0.05, 0) is 24.8 Å². The van der Waals surface area contributed by atoms with Crippen LogP contribution in [0.4, 0.5) is 0 Å². The van der Waals surface area contributed by atoms with Gasteiger partial charge in [0.25, 0.3) is 0 Å². The zero-order chi connectivity index (χ0) is 15.4. The van der Waals surface area contributed by atoms with E-state index in [4.69, 9.17) is 0 Å². The summed E-state index contributed by atoms with van der Waals surface area (Å²) in [5.74, 6) is -0.305. The Balaban J connectivity index is 1.52. The molecule has 2 aromatic rings. The van der Waals surface area contributed by atoms with Gasteiger partial charge in [0.2, 0.25) is 5.91 Å². The number of hydrogen-bond acceptors (Lipinski definition) is 3. The molecule has 3 rings (SSSR count). The van der Waals surface area contributed by atoms with Gasteiger partial charge in [-0.15, -0.1) is 0 Å². The molecule has 22 heavy (non-hydrogen) atoms. The number of nitrogens with one attached hydrogen (secondary N) is 1. The fourth-order valence-electron chi connectivity index (χ4n) is 2.92. The second-order valence-corrected chi connectivity index (χ2v) is 5.85. The zero-order valence-corrected chi connectivity index (χ0v) is 12.5. The van der Waals surface area contributed by atoms with Crippen LogP contribution in [0.25, 0.3) is 0 Å². The van der Waals surface area contributed by atoms with E-state index in [1.807, 2.05) is 29.1 Å². The van der Waals surface area contributed by atoms with Gasteiger partial charge in [0.1, 0.15) is 0 Å². The first-order valence-corrected chi connectivity index (χ1v) is 7.73. The molecule has 1 amide bonds. The van der Waals surface area contributed by atoms with Crippen LogP contribution in [0.15, 0.2) is 42.7 Å². The van der Waals surface area contributed by atoms with Gasteiger partial charge in [-0.25, -0.2) is 0 Å². The Hall–Kier alpha value is -2.14. The van der Waals surface area contributed by atoms with Crippen molar-refractivity contribution >= 4 is 5.91 Å². The van der Waals surface area contributed by atoms with Gasteiger partial charge in [-0.2, -0.15) is 5.10 Å². The van der Waals surface area contributed by atoms with Gasteiger partial charge >= 0.3 is 0 Å². The molecule has 2 unspecified atom stereocenters. The molecule has 1 saturated carbocycles. The van der Waals surface area contributed by atoms with E-state index in [0.29, 0.717) is 6.54 Å². The van der Waals surface area contributed by atoms with Gasteiger partial charge in [-0.1, -0.05) is 30.3 Å². The van der Waals surface area contributed by atoms with Gasteiger partial charge in [0.05, 0.1) is 24.8 Å². The van der Waals surface area contributed by atoms with Crippen LogP contribution in [-0.4, -0.2) is 26.9 Å². The Morgan fingerprint density at radius 2 is 2.09 bits per heavy atom. The third-order valence-electron chi connectivity index (χ3n) is 4.16. The fraction of sp³-hybridized carbons (Fsp3) is 0.412. The summed E-state index contributed by atoms with van der Waals surface area (Å²) in [6.07, 6.45) is 5.66. The Morgan fingerprint density at radius 3 is 2.82 bits per heavy atom. The van der Waals surface area contributed by atoms with Crippen LogP contribution in [0.3, 0.4) is 0 Å². The lowest BCUT2D eigenvalue weighted by Crippen LogP contribution is -2.34. The van der Waals surface area contributed by atoms with Gasteiger partial charge < -0.3 is 10.4 Å². The number of rotatable bonds is 5. The number of aromatic nitrogens is 2. The highest BCUT2D eigenvalue weighted by Crippen LogP contribution is 2.25. The average molecular weight is 299 g/mol. The largest absolute Gasteiger partial charge is 0.392 e. The second kappa shape index (κ2) is 6.75. The normalized spacial score (nSPS) is 21.0. The van der Waals surface area contributed by atoms with Crippen molar-refractivity contribution in [3.05, 3.63) is 53.9 Å². The lowest BCUT2D eigenvalue weighted by molar-refractivity contribution is -0.127. The average Bonchev–Trinajstić information content (AvgIpc) is 3.15. The second-order valence-electron chi connectivity index (χ2n) is 5.85. The highest BCUT2D eigenvalue weighted by atomic mass is 16.3. The minimum absolute atomic E-state index is 0.0548. The Labute approximate surface area is 130 Å². The van der Waals surface area contributed by atoms with Crippen molar-refractivity contribution in [2.75, 3.05) is 0 Å². The summed E-state index contributed by atoms with van der Waals surface area (Å²) in [5, 5.41) is 17.0. The van der Waals surface area contributed by atoms with E-state index in [-0.39, 0.29) is 11.8 Å². The Morgan fingerprint density at radius 1 is 1.27 bits per heavy atom. The van der Waals surface area contributed by atoms with E-state index >= 15 is 0 Å². The lowest BCUT2D eigenvalue weighted by atomic mass is 10.1. The van der Waals surface area contributed by atoms with Gasteiger partial charge in [0, 0.05) is 18.3 Å². The maximum absolute atomic E-state index is 12.0. The van der Waals surface area contributed by atoms with Gasteiger partial charge in [0.15, 0.2) is 0 Å². The Kier molecular flexibility index (Phi) is 4.53. The van der Waals surface area contributed by atoms with Crippen LogP contribution in [-0.2, 0) is 17.9 Å². The molecule has 0 saturated heterocycles. The molecule has 5 heteroatoms. The quantitative estimate of drug-likeness (QED) is 0.883. The Bertz CT molecular complexity index is 624. The molecule has 5 nitrogen and oxygen atoms in total. The zero-order valence-electron chi connectivity index (χ0n) is 12.5. The van der Waals surface area contributed by atoms with E-state index < -0.39 is 6.10 Å². The summed E-state index contributed by atoms with van der Waals surface area (Å²) in [6.45, 7) is 1.17. The molecule has 1 aliphatic carbocycles. The number of nitrogens with zero attached hydrogens (tertiary/aromatic N) is 2. The van der Waals surface area contributed by atoms with Crippen molar-refractivity contribution in [2.24, 2.45) is 5.92 Å². The van der Waals surface area contributed by atoms with Crippen LogP contribution in [0.5, 0.6) is 0 Å². The van der Waals surface area contributed by atoms with E-state index in [0.717, 1.165) is 31.4 Å². The molecule has 0 aliphatic heterocycles. The molecular weight excluding hydrogens is 278 g/mol. The standard InChI is InChI=1S/C17H21N3O2/c21-16-8-4-7-15(16)17(22)18-9-14-10-19-20(12-14)11-13-5-2-1-3-6-13/h1-3,5-6,10,12,15-16,21H,4,7-9,11H2,(H,18,22). The summed E-state index contributed by atoms with van der Waals surface area (Å²) in [4.78, 5) is 12.0. The third-order valence-corrected chi connectivity index (χ3v) is 4.16. The molecule has 0 bridgehead atoms. The first kappa shape index (κ1) is 14.8. The van der Waals surface area contributed by atoms with Crippen LogP contribution in [0.1, 0.15) is 30.4 Å². The van der Waals surface area contributed by atoms with E-state index in [1.165, 1.54) is 5.56 Å². The molecule has 1 aromatic heterocycles. The smallest absolute Gasteiger partial charge is 0.225 e. The fourth-order valence-corrected chi connectivity index (χ4v) is 2.92. The highest BCUT2D eigenvalue weighted by molar-refractivity contribution is 5.79. The molecule has 1 heterocycles. The van der Waals surface area contributed by atoms with E-state index in [9.17, 15) is 9.90 Å². The lowest BCUT2D eigenvalue weighted by Gasteiger charge is -2.13. The van der Waals surface area contributed by atoms with Crippen LogP contribution in [0.2, 0.25) is 0 Å². The number of benzene rings is 1. The molecule has 0 radical (unpaired) electrons. The van der Waals surface area contributed by atoms with Crippen molar-refractivity contribution < 1.29 is 9.90 Å². The molecule has 2 atom stereocenters. The maximum Gasteiger partial charge on any atom is 0.225 e. The van der Waals surface area contributed by atoms with Gasteiger partial charge in [-0.3, -0.25) is 9.48 Å². The summed E-state index contributed by atoms with van der Waals surface area (Å²) in [5.41, 5.74) is 2.16. The number of hydrogen-bond donors (Lipinski definition) is 2. The van der Waals surface area contributed by atoms with Crippen molar-refractivity contribution in [3.8, 4) is 0 Å². The number of aliphatic hydroxyl groups is 1. The minimum Gasteiger partial charge on any atom is -0.392 e. The molecule has 116 valence electrons. The first-order valence-electron chi connectivity index (χ1n) is 7.73. The topological polar surface area (TPSA) is 67.2 Å². The summed E-state index contributed by atoms with van der Waals surface area (Å²) in [7, 11) is 0. The molecule has 0 spiro atoms. The molecule has 1 aromatic carbocycles. The molecular formula is C17H21N3O2. The van der Waals surface area contributed by atoms with Crippen molar-refractivity contribution in [3.63, 3.8) is 0 Å². The summed E-state index contributed by atoms with van der Waals surface area (Å²) < 4.78 is 1.86. The molecule has 1 fully saturated rings. The first-order chi connectivity index (χ1) is 10.7. The van der Waals surface area contributed by atoms with Crippen molar-refractivity contribution in [1.82, 2.24) is 15.1 Å². The number of amides is 1. The van der Waals surface area contributed by atoms with Crippen LogP contribution in [0, 0.1) is 5.92 Å². The minimum atomic E-state index is -0.485. The van der Waals surface area contributed by atoms with E-state index in [2.05, 4.69) is 22.5 Å². The third kappa shape index (κ3) is 3.54. The van der Waals surface area contributed by atoms with Crippen LogP contribution >= 0.6 is 0 Å². The predicted octanol–water partition coefficient (Wildman–Crippen LogP) is 1.71. The molecule has 2 N–H and O–H groups in total. The molecule has 1 aliphatic rings. The number of aliphatic hydroxyl groups excluding tert-OH is 1. The summed E-state index contributed by atoms with van der Waals surface area (Å²) >= 11 is 0. The maximum atomic E-state index is 12.0. The van der Waals surface area contributed by atoms with Crippen molar-refractivity contribution in [2.45, 2.75) is 38.5 Å². The summed E-state index contributed by atoms with van der Waals surface area (Å²) in [6, 6.07) is 10.1. The SMILES string of the molecule is O=C(NCc1cnn(Cc2ccccc2)c1)C1CCCC1O. The van der Waals surface area contributed by atoms with Crippen molar-refractivity contribution in [1.29, 1.82) is 0 Å². The van der Waals surface area contributed by atoms with Crippen LogP contribution < -0.4 is 5.32 Å². The number of carbonyl (C=O) groups excluding carboxylic acids is 1. The predicted molar refractivity (Wildman–Crippen MR) is 83.0 cm³/mol. The number of carbonyl (C=O) groups is 1. The highest BCUT2D eigenvalue weighted by Gasteiger charge is 2.31. The van der Waals surface area contributed by atoms with E-state index in [1.54, 1.807) is 6.20 Å². The monoisotopic (exact) mass is 299 g/mol.